The third-order valence-electron chi connectivity index (χ3n) is 6.98. The number of carbonyl (C=O) groups is 2. The van der Waals surface area contributed by atoms with E-state index in [-0.39, 0.29) is 12.8 Å². The third kappa shape index (κ3) is 13.1. The van der Waals surface area contributed by atoms with Crippen LogP contribution >= 0.6 is 11.8 Å². The molecule has 1 aromatic heterocycles. The molecule has 1 aliphatic rings. The molecule has 2 aromatic rings. The van der Waals surface area contributed by atoms with E-state index >= 15 is 0 Å². The zero-order chi connectivity index (χ0) is 29.2. The van der Waals surface area contributed by atoms with Crippen molar-refractivity contribution >= 4 is 23.7 Å². The Labute approximate surface area is 241 Å². The first kappa shape index (κ1) is 33.5. The lowest BCUT2D eigenvalue weighted by molar-refractivity contribution is -0.138. The Bertz CT molecular complexity index is 963. The fourth-order valence-electron chi connectivity index (χ4n) is 4.51. The maximum atomic E-state index is 10.8. The summed E-state index contributed by atoms with van der Waals surface area (Å²) in [6, 6.07) is 11.7. The number of ether oxygens (including phenoxy) is 1. The predicted octanol–water partition coefficient (Wildman–Crippen LogP) is 5.15. The van der Waals surface area contributed by atoms with Gasteiger partial charge in [0.25, 0.3) is 0 Å². The minimum Gasteiger partial charge on any atom is -0.493 e. The molecule has 1 fully saturated rings. The zero-order valence-corrected chi connectivity index (χ0v) is 24.2. The number of likely N-dealkylation sites (tertiary alicyclic amines) is 1. The zero-order valence-electron chi connectivity index (χ0n) is 23.4. The summed E-state index contributed by atoms with van der Waals surface area (Å²) in [5, 5.41) is 38.0. The van der Waals surface area contributed by atoms with Crippen molar-refractivity contribution in [2.45, 2.75) is 87.4 Å². The van der Waals surface area contributed by atoms with Crippen LogP contribution < -0.4 is 4.74 Å². The van der Waals surface area contributed by atoms with E-state index in [1.807, 2.05) is 47.6 Å². The Balaban J connectivity index is 0.000000342. The van der Waals surface area contributed by atoms with Gasteiger partial charge >= 0.3 is 11.9 Å². The van der Waals surface area contributed by atoms with Crippen LogP contribution in [0.2, 0.25) is 0 Å². The van der Waals surface area contributed by atoms with Crippen molar-refractivity contribution in [3.05, 3.63) is 54.4 Å². The number of thioether (sulfide) groups is 1. The summed E-state index contributed by atoms with van der Waals surface area (Å²) in [7, 11) is 0. The topological polar surface area (TPSA) is 140 Å². The highest BCUT2D eigenvalue weighted by Gasteiger charge is 2.35. The van der Waals surface area contributed by atoms with Crippen molar-refractivity contribution in [2.24, 2.45) is 0 Å². The minimum atomic E-state index is -0.847. The predicted molar refractivity (Wildman–Crippen MR) is 155 cm³/mol. The van der Waals surface area contributed by atoms with E-state index in [0.29, 0.717) is 39.0 Å². The first-order chi connectivity index (χ1) is 19.2. The van der Waals surface area contributed by atoms with Crippen molar-refractivity contribution in [3.8, 4) is 5.75 Å². The molecule has 1 saturated heterocycles. The fraction of sp³-hybridized carbons (Fsp3) is 0.567. The highest BCUT2D eigenvalue weighted by Crippen LogP contribution is 2.33. The summed E-state index contributed by atoms with van der Waals surface area (Å²) in [6.45, 7) is 1.76. The summed E-state index contributed by atoms with van der Waals surface area (Å²) >= 11 is 1.70. The molecule has 222 valence electrons. The van der Waals surface area contributed by atoms with Crippen LogP contribution in [0.15, 0.2) is 53.7 Å². The summed E-state index contributed by atoms with van der Waals surface area (Å²) < 4.78 is 5.72. The van der Waals surface area contributed by atoms with Gasteiger partial charge in [0.15, 0.2) is 0 Å². The van der Waals surface area contributed by atoms with Gasteiger partial charge in [-0.05, 0) is 62.3 Å². The minimum absolute atomic E-state index is 0.245. The fourth-order valence-corrected chi connectivity index (χ4v) is 4.92. The molecule has 9 nitrogen and oxygen atoms in total. The molecule has 0 bridgehead atoms. The van der Waals surface area contributed by atoms with E-state index in [0.717, 1.165) is 49.8 Å². The van der Waals surface area contributed by atoms with E-state index in [4.69, 9.17) is 14.9 Å². The molecule has 0 spiro atoms. The van der Waals surface area contributed by atoms with E-state index in [1.54, 1.807) is 24.2 Å². The van der Waals surface area contributed by atoms with Gasteiger partial charge in [-0.3, -0.25) is 19.5 Å². The molecule has 0 radical (unpaired) electrons. The SMILES string of the molecule is CSc1ccc(OCC[C@H](O)N2CCC(O)(c3cccnc3)CC2)cc1.O=C(O)CCCCCCCCC(=O)O. The van der Waals surface area contributed by atoms with Crippen molar-refractivity contribution in [1.29, 1.82) is 0 Å². The number of aliphatic carboxylic acids is 2. The van der Waals surface area contributed by atoms with E-state index in [2.05, 4.69) is 4.98 Å². The van der Waals surface area contributed by atoms with Crippen LogP contribution in [0.4, 0.5) is 0 Å². The Morgan fingerprint density at radius 1 is 0.975 bits per heavy atom. The van der Waals surface area contributed by atoms with Crippen LogP contribution in [-0.2, 0) is 15.2 Å². The molecule has 40 heavy (non-hydrogen) atoms. The number of aliphatic hydroxyl groups excluding tert-OH is 1. The van der Waals surface area contributed by atoms with Gasteiger partial charge in [-0.2, -0.15) is 0 Å². The van der Waals surface area contributed by atoms with Crippen molar-refractivity contribution in [3.63, 3.8) is 0 Å². The molecular weight excluding hydrogens is 532 g/mol. The van der Waals surface area contributed by atoms with Gasteiger partial charge < -0.3 is 25.2 Å². The number of benzene rings is 1. The van der Waals surface area contributed by atoms with Crippen molar-refractivity contribution < 1.29 is 34.8 Å². The molecule has 0 amide bonds. The summed E-state index contributed by atoms with van der Waals surface area (Å²) in [5.74, 6) is -0.661. The molecule has 1 aliphatic heterocycles. The second-order valence-corrected chi connectivity index (χ2v) is 10.9. The van der Waals surface area contributed by atoms with E-state index < -0.39 is 23.8 Å². The molecule has 2 heterocycles. The van der Waals surface area contributed by atoms with Gasteiger partial charge in [0.1, 0.15) is 12.0 Å². The number of rotatable bonds is 16. The Hall–Kier alpha value is -2.66. The van der Waals surface area contributed by atoms with Crippen LogP contribution in [-0.4, -0.2) is 74.4 Å². The molecule has 3 rings (SSSR count). The van der Waals surface area contributed by atoms with Crippen molar-refractivity contribution in [2.75, 3.05) is 26.0 Å². The average molecular weight is 577 g/mol. The van der Waals surface area contributed by atoms with Crippen molar-refractivity contribution in [1.82, 2.24) is 9.88 Å². The van der Waals surface area contributed by atoms with Crippen LogP contribution in [0.25, 0.3) is 0 Å². The standard InChI is InChI=1S/C20H26N2O3S.C10H18O4/c1-26-18-6-4-17(5-7-18)25-14-8-19(23)22-12-9-20(24,10-13-22)16-3-2-11-21-15-16;11-9(12)7-5-3-1-2-4-6-8-10(13)14/h2-7,11,15,19,23-24H,8-10,12-14H2,1H3;1-8H2,(H,11,12)(H,13,14)/t19-;/m0./s1. The molecular formula is C30H44N2O7S. The number of carboxylic acid groups (broad SMARTS) is 2. The first-order valence-corrected chi connectivity index (χ1v) is 15.2. The number of unbranched alkanes of at least 4 members (excludes halogenated alkanes) is 5. The Morgan fingerprint density at radius 3 is 2.05 bits per heavy atom. The van der Waals surface area contributed by atoms with Gasteiger partial charge in [-0.25, -0.2) is 0 Å². The van der Waals surface area contributed by atoms with Crippen LogP contribution in [0.3, 0.4) is 0 Å². The molecule has 0 unspecified atom stereocenters. The van der Waals surface area contributed by atoms with Gasteiger partial charge in [0.2, 0.25) is 0 Å². The molecule has 10 heteroatoms. The Morgan fingerprint density at radius 2 is 1.55 bits per heavy atom. The molecule has 1 atom stereocenters. The number of nitrogens with zero attached hydrogens (tertiary/aromatic N) is 2. The first-order valence-electron chi connectivity index (χ1n) is 14.0. The van der Waals surface area contributed by atoms with Gasteiger partial charge in [0, 0.05) is 55.2 Å². The summed E-state index contributed by atoms with van der Waals surface area (Å²) in [4.78, 5) is 27.6. The molecule has 1 aromatic carbocycles. The lowest BCUT2D eigenvalue weighted by atomic mass is 9.85. The lowest BCUT2D eigenvalue weighted by Gasteiger charge is -2.40. The average Bonchev–Trinajstić information content (AvgIpc) is 2.95. The smallest absolute Gasteiger partial charge is 0.303 e. The third-order valence-corrected chi connectivity index (χ3v) is 7.72. The van der Waals surface area contributed by atoms with E-state index in [1.165, 1.54) is 4.90 Å². The maximum Gasteiger partial charge on any atom is 0.303 e. The quantitative estimate of drug-likeness (QED) is 0.157. The highest BCUT2D eigenvalue weighted by molar-refractivity contribution is 7.98. The van der Waals surface area contributed by atoms with Gasteiger partial charge in [0.05, 0.1) is 12.2 Å². The number of carboxylic acids is 2. The van der Waals surface area contributed by atoms with Gasteiger partial charge in [-0.15, -0.1) is 11.8 Å². The monoisotopic (exact) mass is 576 g/mol. The molecule has 0 aliphatic carbocycles. The highest BCUT2D eigenvalue weighted by atomic mass is 32.2. The van der Waals surface area contributed by atoms with Crippen LogP contribution in [0.5, 0.6) is 5.75 Å². The summed E-state index contributed by atoms with van der Waals surface area (Å²) in [5.41, 5.74) is 0.00572. The van der Waals surface area contributed by atoms with E-state index in [9.17, 15) is 19.8 Å². The summed E-state index contributed by atoms with van der Waals surface area (Å²) in [6.07, 6.45) is 12.5. The number of pyridine rings is 1. The lowest BCUT2D eigenvalue weighted by Crippen LogP contribution is -2.47. The second-order valence-electron chi connectivity index (χ2n) is 10.0. The number of hydrogen-bond acceptors (Lipinski definition) is 8. The normalized spacial score (nSPS) is 15.5. The van der Waals surface area contributed by atoms with Crippen LogP contribution in [0, 0.1) is 0 Å². The largest absolute Gasteiger partial charge is 0.493 e. The Kier molecular flexibility index (Phi) is 15.6. The number of aromatic nitrogens is 1. The molecule has 0 saturated carbocycles. The van der Waals surface area contributed by atoms with Crippen LogP contribution in [0.1, 0.15) is 76.2 Å². The number of piperidine rings is 1. The van der Waals surface area contributed by atoms with Gasteiger partial charge in [-0.1, -0.05) is 31.7 Å². The second kappa shape index (κ2) is 18.6. The number of aliphatic hydroxyl groups is 2. The maximum absolute atomic E-state index is 10.8. The number of hydrogen-bond donors (Lipinski definition) is 4. The molecule has 4 N–H and O–H groups in total.